The van der Waals surface area contributed by atoms with Crippen molar-refractivity contribution < 1.29 is 19.7 Å². The fraction of sp³-hybridized carbons (Fsp3) is 0.444. The first kappa shape index (κ1) is 12.3. The summed E-state index contributed by atoms with van der Waals surface area (Å²) in [6.07, 6.45) is -2.93. The number of amides is 1. The Labute approximate surface area is 91.9 Å². The first-order valence-corrected chi connectivity index (χ1v) is 4.56. The van der Waals surface area contributed by atoms with Crippen LogP contribution in [0.1, 0.15) is 18.2 Å². The van der Waals surface area contributed by atoms with Crippen molar-refractivity contribution in [2.45, 2.75) is 18.6 Å². The molecule has 0 fully saturated rings. The highest BCUT2D eigenvalue weighted by atomic mass is 16.5. The lowest BCUT2D eigenvalue weighted by Gasteiger charge is -2.15. The number of hydrogen-bond donors (Lipinski definition) is 3. The Morgan fingerprint density at radius 3 is 2.62 bits per heavy atom. The molecule has 7 heteroatoms. The summed E-state index contributed by atoms with van der Waals surface area (Å²) in [5, 5.41) is 26.3. The zero-order valence-electron chi connectivity index (χ0n) is 8.70. The normalized spacial score (nSPS) is 14.2. The monoisotopic (exact) mass is 227 g/mol. The van der Waals surface area contributed by atoms with Crippen LogP contribution in [0.15, 0.2) is 12.1 Å². The molecule has 0 saturated heterocycles. The Bertz CT molecular complexity index is 354. The highest BCUT2D eigenvalue weighted by molar-refractivity contribution is 5.74. The van der Waals surface area contributed by atoms with Crippen LogP contribution < -0.4 is 10.5 Å². The summed E-state index contributed by atoms with van der Waals surface area (Å²) in [6, 6.07) is 2.93. The predicted octanol–water partition coefficient (Wildman–Crippen LogP) is -1.25. The van der Waals surface area contributed by atoms with E-state index >= 15 is 0 Å². The van der Waals surface area contributed by atoms with Gasteiger partial charge in [-0.15, -0.1) is 10.2 Å². The second-order valence-electron chi connectivity index (χ2n) is 3.18. The number of carbonyl (C=O) groups is 1. The Balaban J connectivity index is 2.71. The molecule has 2 atom stereocenters. The van der Waals surface area contributed by atoms with Gasteiger partial charge < -0.3 is 20.7 Å². The molecular weight excluding hydrogens is 214 g/mol. The van der Waals surface area contributed by atoms with Crippen molar-refractivity contribution in [3.8, 4) is 5.88 Å². The van der Waals surface area contributed by atoms with E-state index in [9.17, 15) is 15.0 Å². The highest BCUT2D eigenvalue weighted by Crippen LogP contribution is 2.17. The van der Waals surface area contributed by atoms with E-state index in [1.165, 1.54) is 19.2 Å². The summed E-state index contributed by atoms with van der Waals surface area (Å²) >= 11 is 0. The van der Waals surface area contributed by atoms with Crippen LogP contribution in [-0.2, 0) is 4.79 Å². The minimum atomic E-state index is -1.30. The molecule has 16 heavy (non-hydrogen) atoms. The summed E-state index contributed by atoms with van der Waals surface area (Å²) in [6.45, 7) is 0. The Morgan fingerprint density at radius 1 is 1.50 bits per heavy atom. The van der Waals surface area contributed by atoms with E-state index in [2.05, 4.69) is 10.2 Å². The molecule has 2 unspecified atom stereocenters. The molecule has 0 saturated carbocycles. The second-order valence-corrected chi connectivity index (χ2v) is 3.18. The zero-order chi connectivity index (χ0) is 12.1. The standard InChI is InChI=1S/C9H13N3O4/c1-16-8-3-2-5(11-12-8)9(15)6(13)4-7(10)14/h2-3,6,9,13,15H,4H2,1H3,(H2,10,14). The van der Waals surface area contributed by atoms with E-state index < -0.39 is 18.1 Å². The van der Waals surface area contributed by atoms with Crippen LogP contribution in [0.3, 0.4) is 0 Å². The van der Waals surface area contributed by atoms with Gasteiger partial charge in [0.15, 0.2) is 0 Å². The average molecular weight is 227 g/mol. The summed E-state index contributed by atoms with van der Waals surface area (Å²) < 4.78 is 4.78. The molecule has 1 amide bonds. The summed E-state index contributed by atoms with van der Waals surface area (Å²) in [7, 11) is 1.43. The van der Waals surface area contributed by atoms with Crippen LogP contribution in [0.25, 0.3) is 0 Å². The molecule has 0 aliphatic carbocycles. The van der Waals surface area contributed by atoms with E-state index in [4.69, 9.17) is 10.5 Å². The van der Waals surface area contributed by atoms with Gasteiger partial charge in [0.05, 0.1) is 25.3 Å². The number of rotatable bonds is 5. The fourth-order valence-corrected chi connectivity index (χ4v) is 1.11. The molecule has 88 valence electrons. The molecule has 0 radical (unpaired) electrons. The molecule has 1 heterocycles. The molecule has 0 spiro atoms. The maximum atomic E-state index is 10.5. The topological polar surface area (TPSA) is 119 Å². The molecule has 4 N–H and O–H groups in total. The molecule has 1 aromatic heterocycles. The van der Waals surface area contributed by atoms with Gasteiger partial charge in [-0.1, -0.05) is 0 Å². The lowest BCUT2D eigenvalue weighted by atomic mass is 10.1. The van der Waals surface area contributed by atoms with E-state index in [-0.39, 0.29) is 12.1 Å². The maximum absolute atomic E-state index is 10.5. The number of nitrogens with zero attached hydrogens (tertiary/aromatic N) is 2. The van der Waals surface area contributed by atoms with Crippen LogP contribution in [0, 0.1) is 0 Å². The lowest BCUT2D eigenvalue weighted by molar-refractivity contribution is -0.121. The van der Waals surface area contributed by atoms with Crippen molar-refractivity contribution in [3.05, 3.63) is 17.8 Å². The number of nitrogens with two attached hydrogens (primary N) is 1. The summed E-state index contributed by atoms with van der Waals surface area (Å²) in [5.74, 6) is -0.409. The van der Waals surface area contributed by atoms with E-state index in [0.717, 1.165) is 0 Å². The first-order valence-electron chi connectivity index (χ1n) is 4.56. The predicted molar refractivity (Wildman–Crippen MR) is 53.4 cm³/mol. The van der Waals surface area contributed by atoms with Gasteiger partial charge in [-0.2, -0.15) is 0 Å². The number of hydrogen-bond acceptors (Lipinski definition) is 6. The number of aromatic nitrogens is 2. The van der Waals surface area contributed by atoms with Crippen molar-refractivity contribution >= 4 is 5.91 Å². The Kier molecular flexibility index (Phi) is 4.15. The molecule has 1 rings (SSSR count). The van der Waals surface area contributed by atoms with Crippen molar-refractivity contribution in [1.29, 1.82) is 0 Å². The van der Waals surface area contributed by atoms with Crippen molar-refractivity contribution in [1.82, 2.24) is 10.2 Å². The van der Waals surface area contributed by atoms with Gasteiger partial charge >= 0.3 is 0 Å². The molecule has 0 aromatic carbocycles. The largest absolute Gasteiger partial charge is 0.480 e. The van der Waals surface area contributed by atoms with Crippen LogP contribution >= 0.6 is 0 Å². The van der Waals surface area contributed by atoms with Crippen molar-refractivity contribution in [3.63, 3.8) is 0 Å². The van der Waals surface area contributed by atoms with Gasteiger partial charge in [-0.25, -0.2) is 0 Å². The van der Waals surface area contributed by atoms with Gasteiger partial charge in [-0.3, -0.25) is 4.79 Å². The molecule has 1 aromatic rings. The third-order valence-corrected chi connectivity index (χ3v) is 1.95. The minimum absolute atomic E-state index is 0.148. The van der Waals surface area contributed by atoms with Gasteiger partial charge in [0, 0.05) is 6.07 Å². The van der Waals surface area contributed by atoms with Crippen LogP contribution in [-0.4, -0.2) is 39.5 Å². The summed E-state index contributed by atoms with van der Waals surface area (Å²) in [5.41, 5.74) is 5.04. The maximum Gasteiger partial charge on any atom is 0.233 e. The highest BCUT2D eigenvalue weighted by Gasteiger charge is 2.21. The van der Waals surface area contributed by atoms with Crippen molar-refractivity contribution in [2.24, 2.45) is 5.73 Å². The SMILES string of the molecule is COc1ccc(C(O)C(O)CC(N)=O)nn1. The third kappa shape index (κ3) is 3.14. The van der Waals surface area contributed by atoms with Crippen LogP contribution in [0.5, 0.6) is 5.88 Å². The number of aliphatic hydroxyl groups is 2. The third-order valence-electron chi connectivity index (χ3n) is 1.95. The number of methoxy groups -OCH3 is 1. The lowest BCUT2D eigenvalue weighted by Crippen LogP contribution is -2.26. The fourth-order valence-electron chi connectivity index (χ4n) is 1.11. The number of carbonyl (C=O) groups excluding carboxylic acids is 1. The minimum Gasteiger partial charge on any atom is -0.480 e. The van der Waals surface area contributed by atoms with Gasteiger partial charge in [-0.05, 0) is 6.07 Å². The smallest absolute Gasteiger partial charge is 0.233 e. The van der Waals surface area contributed by atoms with Gasteiger partial charge in [0.2, 0.25) is 11.8 Å². The quantitative estimate of drug-likeness (QED) is 0.578. The van der Waals surface area contributed by atoms with Crippen LogP contribution in [0.2, 0.25) is 0 Å². The first-order chi connectivity index (χ1) is 7.54. The van der Waals surface area contributed by atoms with E-state index in [0.29, 0.717) is 5.88 Å². The molecule has 7 nitrogen and oxygen atoms in total. The molecular formula is C9H13N3O4. The molecule has 0 bridgehead atoms. The molecule has 0 aliphatic heterocycles. The van der Waals surface area contributed by atoms with Gasteiger partial charge in [0.25, 0.3) is 0 Å². The van der Waals surface area contributed by atoms with E-state index in [1.54, 1.807) is 0 Å². The van der Waals surface area contributed by atoms with E-state index in [1.807, 2.05) is 0 Å². The Morgan fingerprint density at radius 2 is 2.19 bits per heavy atom. The zero-order valence-corrected chi connectivity index (χ0v) is 8.70. The number of primary amides is 1. The van der Waals surface area contributed by atoms with Gasteiger partial charge in [0.1, 0.15) is 6.10 Å². The summed E-state index contributed by atoms with van der Waals surface area (Å²) in [4.78, 5) is 10.5. The van der Waals surface area contributed by atoms with Crippen molar-refractivity contribution in [2.75, 3.05) is 7.11 Å². The number of aliphatic hydroxyl groups excluding tert-OH is 2. The molecule has 0 aliphatic rings. The number of ether oxygens (including phenoxy) is 1. The second kappa shape index (κ2) is 5.38. The average Bonchev–Trinajstić information content (AvgIpc) is 2.27. The Hall–Kier alpha value is -1.73. The van der Waals surface area contributed by atoms with Crippen LogP contribution in [0.4, 0.5) is 0 Å².